The standard InChI is InChI=1S/C9H19NOS/c1-4-5-6-7-10-9(2)8-12(3)11/h4,9-10H,1,5-8H2,2-3H3. The summed E-state index contributed by atoms with van der Waals surface area (Å²) in [5.74, 6) is 0.744. The second-order valence-corrected chi connectivity index (χ2v) is 4.51. The summed E-state index contributed by atoms with van der Waals surface area (Å²) in [6, 6.07) is 0.362. The van der Waals surface area contributed by atoms with Crippen LogP contribution in [0.2, 0.25) is 0 Å². The molecule has 0 radical (unpaired) electrons. The Morgan fingerprint density at radius 3 is 2.83 bits per heavy atom. The fourth-order valence-corrected chi connectivity index (χ4v) is 1.83. The van der Waals surface area contributed by atoms with E-state index in [0.29, 0.717) is 6.04 Å². The van der Waals surface area contributed by atoms with Crippen molar-refractivity contribution in [3.05, 3.63) is 12.7 Å². The highest BCUT2D eigenvalue weighted by molar-refractivity contribution is 7.84. The highest BCUT2D eigenvalue weighted by Gasteiger charge is 2.01. The summed E-state index contributed by atoms with van der Waals surface area (Å²) in [5, 5.41) is 3.31. The average Bonchev–Trinajstić information content (AvgIpc) is 1.97. The molecule has 0 saturated carbocycles. The maximum Gasteiger partial charge on any atom is 0.0383 e. The van der Waals surface area contributed by atoms with Crippen LogP contribution < -0.4 is 5.32 Å². The Kier molecular flexibility index (Phi) is 7.40. The number of nitrogens with one attached hydrogen (secondary N) is 1. The molecule has 0 bridgehead atoms. The first-order valence-corrected chi connectivity index (χ1v) is 6.04. The van der Waals surface area contributed by atoms with E-state index in [2.05, 4.69) is 18.8 Å². The third-order valence-corrected chi connectivity index (χ3v) is 2.53. The minimum atomic E-state index is -0.686. The Bertz CT molecular complexity index is 147. The quantitative estimate of drug-likeness (QED) is 0.483. The van der Waals surface area contributed by atoms with Gasteiger partial charge in [0.1, 0.15) is 0 Å². The van der Waals surface area contributed by atoms with Gasteiger partial charge >= 0.3 is 0 Å². The van der Waals surface area contributed by atoms with Gasteiger partial charge in [0.05, 0.1) is 0 Å². The maximum absolute atomic E-state index is 10.8. The summed E-state index contributed by atoms with van der Waals surface area (Å²) >= 11 is 0. The molecular formula is C9H19NOS. The topological polar surface area (TPSA) is 29.1 Å². The van der Waals surface area contributed by atoms with E-state index in [-0.39, 0.29) is 0 Å². The van der Waals surface area contributed by atoms with Gasteiger partial charge in [-0.25, -0.2) is 0 Å². The number of hydrogen-bond donors (Lipinski definition) is 1. The predicted molar refractivity (Wildman–Crippen MR) is 55.8 cm³/mol. The van der Waals surface area contributed by atoms with Crippen LogP contribution in [0.5, 0.6) is 0 Å². The van der Waals surface area contributed by atoms with E-state index >= 15 is 0 Å². The van der Waals surface area contributed by atoms with Crippen LogP contribution in [0.15, 0.2) is 12.7 Å². The van der Waals surface area contributed by atoms with Crippen LogP contribution in [0.1, 0.15) is 19.8 Å². The summed E-state index contributed by atoms with van der Waals surface area (Å²) in [7, 11) is -0.686. The first kappa shape index (κ1) is 11.8. The minimum absolute atomic E-state index is 0.362. The van der Waals surface area contributed by atoms with E-state index in [1.807, 2.05) is 6.08 Å². The van der Waals surface area contributed by atoms with Crippen molar-refractivity contribution < 1.29 is 4.21 Å². The molecule has 0 aromatic rings. The zero-order valence-electron chi connectivity index (χ0n) is 8.01. The van der Waals surface area contributed by atoms with Gasteiger partial charge in [-0.3, -0.25) is 4.21 Å². The summed E-state index contributed by atoms with van der Waals surface area (Å²) in [5.41, 5.74) is 0. The molecule has 0 aromatic heterocycles. The molecule has 0 spiro atoms. The second-order valence-electron chi connectivity index (χ2n) is 3.03. The van der Waals surface area contributed by atoms with Crippen molar-refractivity contribution in [2.24, 2.45) is 0 Å². The predicted octanol–water partition coefficient (Wildman–Crippen LogP) is 1.31. The number of allylic oxidation sites excluding steroid dienone is 1. The molecule has 0 amide bonds. The van der Waals surface area contributed by atoms with Crippen LogP contribution in [0.4, 0.5) is 0 Å². The lowest BCUT2D eigenvalue weighted by Crippen LogP contribution is -2.31. The van der Waals surface area contributed by atoms with Crippen molar-refractivity contribution in [3.63, 3.8) is 0 Å². The van der Waals surface area contributed by atoms with Gasteiger partial charge < -0.3 is 5.32 Å². The van der Waals surface area contributed by atoms with Gasteiger partial charge in [0, 0.05) is 28.9 Å². The summed E-state index contributed by atoms with van der Waals surface area (Å²) in [4.78, 5) is 0. The molecule has 0 aliphatic heterocycles. The second kappa shape index (κ2) is 7.50. The summed E-state index contributed by atoms with van der Waals surface area (Å²) < 4.78 is 10.8. The van der Waals surface area contributed by atoms with Crippen LogP contribution in [0.25, 0.3) is 0 Å². The fraction of sp³-hybridized carbons (Fsp3) is 0.778. The molecule has 0 aromatic carbocycles. The van der Waals surface area contributed by atoms with Crippen LogP contribution in [-0.4, -0.2) is 28.8 Å². The van der Waals surface area contributed by atoms with Crippen LogP contribution >= 0.6 is 0 Å². The lowest BCUT2D eigenvalue weighted by atomic mass is 10.3. The zero-order chi connectivity index (χ0) is 9.40. The van der Waals surface area contributed by atoms with Gasteiger partial charge in [-0.15, -0.1) is 6.58 Å². The van der Waals surface area contributed by atoms with Crippen molar-refractivity contribution in [2.45, 2.75) is 25.8 Å². The molecule has 2 unspecified atom stereocenters. The Balaban J connectivity index is 3.24. The van der Waals surface area contributed by atoms with Crippen LogP contribution in [-0.2, 0) is 10.8 Å². The van der Waals surface area contributed by atoms with E-state index in [4.69, 9.17) is 0 Å². The van der Waals surface area contributed by atoms with E-state index in [1.165, 1.54) is 0 Å². The molecule has 0 heterocycles. The molecule has 2 nitrogen and oxygen atoms in total. The molecular weight excluding hydrogens is 170 g/mol. The van der Waals surface area contributed by atoms with E-state index < -0.39 is 10.8 Å². The minimum Gasteiger partial charge on any atom is -0.313 e. The summed E-state index contributed by atoms with van der Waals surface area (Å²) in [6.07, 6.45) is 5.82. The van der Waals surface area contributed by atoms with Gasteiger partial charge in [-0.1, -0.05) is 6.08 Å². The molecule has 2 atom stereocenters. The van der Waals surface area contributed by atoms with Crippen molar-refractivity contribution in [1.82, 2.24) is 5.32 Å². The lowest BCUT2D eigenvalue weighted by Gasteiger charge is -2.10. The zero-order valence-corrected chi connectivity index (χ0v) is 8.82. The molecule has 3 heteroatoms. The van der Waals surface area contributed by atoms with Gasteiger partial charge in [0.15, 0.2) is 0 Å². The molecule has 1 N–H and O–H groups in total. The van der Waals surface area contributed by atoms with E-state index in [1.54, 1.807) is 6.26 Å². The number of rotatable bonds is 7. The van der Waals surface area contributed by atoms with Gasteiger partial charge in [-0.05, 0) is 26.3 Å². The summed E-state index contributed by atoms with van der Waals surface area (Å²) in [6.45, 7) is 6.70. The Hall–Kier alpha value is -0.150. The molecule has 0 rings (SSSR count). The van der Waals surface area contributed by atoms with E-state index in [0.717, 1.165) is 25.1 Å². The maximum atomic E-state index is 10.8. The first-order valence-electron chi connectivity index (χ1n) is 4.31. The molecule has 0 fully saturated rings. The molecule has 0 saturated heterocycles. The highest BCUT2D eigenvalue weighted by Crippen LogP contribution is 1.90. The van der Waals surface area contributed by atoms with Gasteiger partial charge in [0.25, 0.3) is 0 Å². The van der Waals surface area contributed by atoms with Crippen molar-refractivity contribution in [2.75, 3.05) is 18.6 Å². The molecule has 0 aliphatic rings. The van der Waals surface area contributed by atoms with Gasteiger partial charge in [-0.2, -0.15) is 0 Å². The number of unbranched alkanes of at least 4 members (excludes halogenated alkanes) is 1. The SMILES string of the molecule is C=CCCCNC(C)CS(C)=O. The fourth-order valence-electron chi connectivity index (χ4n) is 1.01. The number of hydrogen-bond acceptors (Lipinski definition) is 2. The average molecular weight is 189 g/mol. The normalized spacial score (nSPS) is 15.5. The van der Waals surface area contributed by atoms with E-state index in [9.17, 15) is 4.21 Å². The van der Waals surface area contributed by atoms with Crippen molar-refractivity contribution >= 4 is 10.8 Å². The third kappa shape index (κ3) is 7.95. The molecule has 12 heavy (non-hydrogen) atoms. The smallest absolute Gasteiger partial charge is 0.0383 e. The molecule has 72 valence electrons. The van der Waals surface area contributed by atoms with Crippen LogP contribution in [0.3, 0.4) is 0 Å². The third-order valence-electron chi connectivity index (χ3n) is 1.56. The van der Waals surface area contributed by atoms with Crippen LogP contribution in [0, 0.1) is 0 Å². The van der Waals surface area contributed by atoms with Gasteiger partial charge in [0.2, 0.25) is 0 Å². The highest BCUT2D eigenvalue weighted by atomic mass is 32.2. The lowest BCUT2D eigenvalue weighted by molar-refractivity contribution is 0.573. The largest absolute Gasteiger partial charge is 0.313 e. The van der Waals surface area contributed by atoms with Crippen molar-refractivity contribution in [1.29, 1.82) is 0 Å². The monoisotopic (exact) mass is 189 g/mol. The Morgan fingerprint density at radius 1 is 1.67 bits per heavy atom. The van der Waals surface area contributed by atoms with Crippen molar-refractivity contribution in [3.8, 4) is 0 Å². The molecule has 0 aliphatic carbocycles. The Labute approximate surface area is 77.9 Å². The first-order chi connectivity index (χ1) is 5.66. The Morgan fingerprint density at radius 2 is 2.33 bits per heavy atom.